The zero-order chi connectivity index (χ0) is 13.8. The number of carbonyl (C=O) groups excluding carboxylic acids is 1. The summed E-state index contributed by atoms with van der Waals surface area (Å²) in [5.41, 5.74) is 5.30. The topological polar surface area (TPSA) is 70.1 Å². The molecule has 1 aromatic heterocycles. The van der Waals surface area contributed by atoms with E-state index in [1.807, 2.05) is 38.1 Å². The third kappa shape index (κ3) is 3.51. The SMILES string of the molecule is C/C(=N/NC(=O)c1cc(C)[nH]n1)c1cccc(Br)c1. The van der Waals surface area contributed by atoms with Crippen molar-refractivity contribution in [1.82, 2.24) is 15.6 Å². The Morgan fingerprint density at radius 1 is 1.42 bits per heavy atom. The highest BCUT2D eigenvalue weighted by Gasteiger charge is 2.08. The quantitative estimate of drug-likeness (QED) is 0.674. The molecule has 0 saturated heterocycles. The van der Waals surface area contributed by atoms with Crippen LogP contribution in [0.25, 0.3) is 0 Å². The molecule has 0 aliphatic rings. The van der Waals surface area contributed by atoms with Crippen molar-refractivity contribution in [3.8, 4) is 0 Å². The predicted molar refractivity (Wildman–Crippen MR) is 77.1 cm³/mol. The van der Waals surface area contributed by atoms with Gasteiger partial charge in [-0.1, -0.05) is 28.1 Å². The van der Waals surface area contributed by atoms with E-state index in [1.165, 1.54) is 0 Å². The number of aryl methyl sites for hydroxylation is 1. The standard InChI is InChI=1S/C13H13BrN4O/c1-8-6-12(17-15-8)13(19)18-16-9(2)10-4-3-5-11(14)7-10/h3-7H,1-2H3,(H,15,17)(H,18,19)/b16-9-. The van der Waals surface area contributed by atoms with Crippen molar-refractivity contribution in [3.63, 3.8) is 0 Å². The molecule has 2 rings (SSSR count). The number of halogens is 1. The Morgan fingerprint density at radius 3 is 2.84 bits per heavy atom. The summed E-state index contributed by atoms with van der Waals surface area (Å²) in [6.45, 7) is 3.66. The molecule has 2 N–H and O–H groups in total. The van der Waals surface area contributed by atoms with Crippen molar-refractivity contribution in [1.29, 1.82) is 0 Å². The zero-order valence-electron chi connectivity index (χ0n) is 10.6. The lowest BCUT2D eigenvalue weighted by molar-refractivity contribution is 0.0950. The average molecular weight is 321 g/mol. The molecular formula is C13H13BrN4O. The lowest BCUT2D eigenvalue weighted by Crippen LogP contribution is -2.19. The molecule has 0 aliphatic carbocycles. The Morgan fingerprint density at radius 2 is 2.21 bits per heavy atom. The van der Waals surface area contributed by atoms with E-state index in [1.54, 1.807) is 6.07 Å². The summed E-state index contributed by atoms with van der Waals surface area (Å²) in [4.78, 5) is 11.8. The van der Waals surface area contributed by atoms with Crippen LogP contribution in [0.2, 0.25) is 0 Å². The molecule has 0 aliphatic heterocycles. The molecule has 98 valence electrons. The molecule has 0 fully saturated rings. The van der Waals surface area contributed by atoms with Crippen molar-refractivity contribution >= 4 is 27.5 Å². The number of hydrogen-bond acceptors (Lipinski definition) is 3. The maximum absolute atomic E-state index is 11.8. The third-order valence-corrected chi connectivity index (χ3v) is 3.00. The van der Waals surface area contributed by atoms with Crippen LogP contribution in [0.3, 0.4) is 0 Å². The summed E-state index contributed by atoms with van der Waals surface area (Å²) in [6.07, 6.45) is 0. The molecule has 0 saturated carbocycles. The van der Waals surface area contributed by atoms with Crippen LogP contribution in [0.1, 0.15) is 28.7 Å². The van der Waals surface area contributed by atoms with Gasteiger partial charge in [0.15, 0.2) is 5.69 Å². The number of carbonyl (C=O) groups is 1. The van der Waals surface area contributed by atoms with Crippen LogP contribution in [0, 0.1) is 6.92 Å². The summed E-state index contributed by atoms with van der Waals surface area (Å²) >= 11 is 3.39. The van der Waals surface area contributed by atoms with Crippen molar-refractivity contribution in [2.45, 2.75) is 13.8 Å². The molecule has 0 spiro atoms. The van der Waals surface area contributed by atoms with Gasteiger partial charge in [0.1, 0.15) is 0 Å². The second kappa shape index (κ2) is 5.79. The van der Waals surface area contributed by atoms with Gasteiger partial charge in [0.25, 0.3) is 5.91 Å². The van der Waals surface area contributed by atoms with Gasteiger partial charge in [-0.3, -0.25) is 9.89 Å². The molecular weight excluding hydrogens is 308 g/mol. The molecule has 0 bridgehead atoms. The van der Waals surface area contributed by atoms with Gasteiger partial charge in [0, 0.05) is 10.2 Å². The lowest BCUT2D eigenvalue weighted by atomic mass is 10.1. The molecule has 1 heterocycles. The monoisotopic (exact) mass is 320 g/mol. The Kier molecular flexibility index (Phi) is 4.11. The number of benzene rings is 1. The molecule has 0 unspecified atom stereocenters. The second-order valence-corrected chi connectivity index (χ2v) is 5.00. The smallest absolute Gasteiger partial charge is 0.282 e. The molecule has 1 aromatic carbocycles. The van der Waals surface area contributed by atoms with E-state index in [2.05, 4.69) is 36.7 Å². The van der Waals surface area contributed by atoms with Gasteiger partial charge in [0.2, 0.25) is 0 Å². The van der Waals surface area contributed by atoms with Gasteiger partial charge in [-0.2, -0.15) is 10.2 Å². The largest absolute Gasteiger partial charge is 0.291 e. The van der Waals surface area contributed by atoms with E-state index in [4.69, 9.17) is 0 Å². The highest BCUT2D eigenvalue weighted by molar-refractivity contribution is 9.10. The van der Waals surface area contributed by atoms with Crippen LogP contribution in [-0.4, -0.2) is 21.8 Å². The van der Waals surface area contributed by atoms with Gasteiger partial charge in [-0.25, -0.2) is 5.43 Å². The van der Waals surface area contributed by atoms with Crippen LogP contribution in [-0.2, 0) is 0 Å². The van der Waals surface area contributed by atoms with Crippen LogP contribution in [0.15, 0.2) is 39.9 Å². The third-order valence-electron chi connectivity index (χ3n) is 2.51. The van der Waals surface area contributed by atoms with Crippen molar-refractivity contribution in [2.24, 2.45) is 5.10 Å². The number of amides is 1. The number of aromatic nitrogens is 2. The van der Waals surface area contributed by atoms with Crippen molar-refractivity contribution < 1.29 is 4.79 Å². The van der Waals surface area contributed by atoms with Crippen molar-refractivity contribution in [3.05, 3.63) is 51.8 Å². The average Bonchev–Trinajstić information content (AvgIpc) is 2.82. The molecule has 0 radical (unpaired) electrons. The van der Waals surface area contributed by atoms with Crippen LogP contribution < -0.4 is 5.43 Å². The molecule has 19 heavy (non-hydrogen) atoms. The van der Waals surface area contributed by atoms with Gasteiger partial charge in [-0.15, -0.1) is 0 Å². The van der Waals surface area contributed by atoms with E-state index in [0.717, 1.165) is 21.4 Å². The molecule has 0 atom stereocenters. The summed E-state index contributed by atoms with van der Waals surface area (Å²) in [7, 11) is 0. The predicted octanol–water partition coefficient (Wildman–Crippen LogP) is 2.63. The van der Waals surface area contributed by atoms with Gasteiger partial charge < -0.3 is 0 Å². The summed E-state index contributed by atoms with van der Waals surface area (Å²) in [6, 6.07) is 9.37. The maximum Gasteiger partial charge on any atom is 0.291 e. The summed E-state index contributed by atoms with van der Waals surface area (Å²) < 4.78 is 0.966. The molecule has 1 amide bonds. The van der Waals surface area contributed by atoms with E-state index >= 15 is 0 Å². The number of hydrogen-bond donors (Lipinski definition) is 2. The minimum Gasteiger partial charge on any atom is -0.282 e. The first-order valence-corrected chi connectivity index (χ1v) is 6.48. The normalized spacial score (nSPS) is 11.4. The number of H-pyrrole nitrogens is 1. The lowest BCUT2D eigenvalue weighted by Gasteiger charge is -2.02. The van der Waals surface area contributed by atoms with Crippen LogP contribution in [0.5, 0.6) is 0 Å². The maximum atomic E-state index is 11.8. The zero-order valence-corrected chi connectivity index (χ0v) is 12.2. The van der Waals surface area contributed by atoms with E-state index in [9.17, 15) is 4.79 Å². The minimum absolute atomic E-state index is 0.322. The second-order valence-electron chi connectivity index (χ2n) is 4.08. The van der Waals surface area contributed by atoms with Crippen LogP contribution in [0.4, 0.5) is 0 Å². The van der Waals surface area contributed by atoms with Gasteiger partial charge in [-0.05, 0) is 37.6 Å². The minimum atomic E-state index is -0.335. The molecule has 6 heteroatoms. The van der Waals surface area contributed by atoms with Gasteiger partial charge in [0.05, 0.1) is 5.71 Å². The van der Waals surface area contributed by atoms with E-state index < -0.39 is 0 Å². The number of nitrogens with one attached hydrogen (secondary N) is 2. The fraction of sp³-hybridized carbons (Fsp3) is 0.154. The Hall–Kier alpha value is -1.95. The fourth-order valence-electron chi connectivity index (χ4n) is 1.50. The van der Waals surface area contributed by atoms with E-state index in [-0.39, 0.29) is 5.91 Å². The number of rotatable bonds is 3. The number of aromatic amines is 1. The van der Waals surface area contributed by atoms with E-state index in [0.29, 0.717) is 5.69 Å². The first-order chi connectivity index (χ1) is 9.06. The fourth-order valence-corrected chi connectivity index (χ4v) is 1.90. The summed E-state index contributed by atoms with van der Waals surface area (Å²) in [5, 5.41) is 10.6. The molecule has 5 nitrogen and oxygen atoms in total. The number of nitrogens with zero attached hydrogens (tertiary/aromatic N) is 2. The Labute approximate surface area is 119 Å². The highest BCUT2D eigenvalue weighted by atomic mass is 79.9. The first-order valence-electron chi connectivity index (χ1n) is 5.69. The Balaban J connectivity index is 2.08. The highest BCUT2D eigenvalue weighted by Crippen LogP contribution is 2.12. The summed E-state index contributed by atoms with van der Waals surface area (Å²) in [5.74, 6) is -0.335. The van der Waals surface area contributed by atoms with Crippen LogP contribution >= 0.6 is 15.9 Å². The Bertz CT molecular complexity index is 633. The van der Waals surface area contributed by atoms with Gasteiger partial charge >= 0.3 is 0 Å². The first kappa shape index (κ1) is 13.5. The molecule has 2 aromatic rings. The number of hydrazone groups is 1. The van der Waals surface area contributed by atoms with Crippen molar-refractivity contribution in [2.75, 3.05) is 0 Å².